The van der Waals surface area contributed by atoms with Crippen molar-refractivity contribution in [2.45, 2.75) is 25.1 Å². The van der Waals surface area contributed by atoms with E-state index < -0.39 is 0 Å². The van der Waals surface area contributed by atoms with E-state index in [2.05, 4.69) is 36.1 Å². The van der Waals surface area contributed by atoms with E-state index in [0.717, 1.165) is 19.4 Å². The van der Waals surface area contributed by atoms with Crippen LogP contribution in [0.15, 0.2) is 24.3 Å². The summed E-state index contributed by atoms with van der Waals surface area (Å²) < 4.78 is 0. The van der Waals surface area contributed by atoms with Crippen LogP contribution in [-0.2, 0) is 4.79 Å². The Bertz CT molecular complexity index is 430. The van der Waals surface area contributed by atoms with Crippen LogP contribution in [0.25, 0.3) is 0 Å². The lowest BCUT2D eigenvalue weighted by Gasteiger charge is -2.24. The number of benzene rings is 1. The first-order valence-corrected chi connectivity index (χ1v) is 7.86. The molecule has 0 spiro atoms. The third-order valence-corrected chi connectivity index (χ3v) is 4.67. The standard InChI is InChI=1S/C15H22N2OS/c1-4-5-10-17-14(18)11-19-15(17)12-6-8-13(9-7-12)16(2)3/h6-9,15H,4-5,10-11H2,1-3H3. The monoisotopic (exact) mass is 278 g/mol. The summed E-state index contributed by atoms with van der Waals surface area (Å²) in [5.74, 6) is 0.893. The topological polar surface area (TPSA) is 23.6 Å². The van der Waals surface area contributed by atoms with E-state index in [1.165, 1.54) is 11.3 Å². The summed E-state index contributed by atoms with van der Waals surface area (Å²) in [4.78, 5) is 16.1. The first-order chi connectivity index (χ1) is 9.13. The minimum atomic E-state index is 0.204. The second-order valence-corrected chi connectivity index (χ2v) is 6.16. The molecule has 1 aromatic carbocycles. The highest BCUT2D eigenvalue weighted by Crippen LogP contribution is 2.39. The summed E-state index contributed by atoms with van der Waals surface area (Å²) >= 11 is 1.74. The number of hydrogen-bond donors (Lipinski definition) is 0. The predicted octanol–water partition coefficient (Wildman–Crippen LogP) is 3.13. The first-order valence-electron chi connectivity index (χ1n) is 6.82. The highest BCUT2D eigenvalue weighted by Gasteiger charge is 2.31. The van der Waals surface area contributed by atoms with Crippen molar-refractivity contribution in [1.82, 2.24) is 4.90 Å². The predicted molar refractivity (Wildman–Crippen MR) is 82.6 cm³/mol. The molecule has 1 amide bonds. The number of amides is 1. The second-order valence-electron chi connectivity index (χ2n) is 5.09. The molecule has 3 nitrogen and oxygen atoms in total. The molecule has 1 fully saturated rings. The minimum absolute atomic E-state index is 0.204. The molecule has 1 aliphatic rings. The summed E-state index contributed by atoms with van der Waals surface area (Å²) in [6.45, 7) is 3.04. The molecule has 0 aromatic heterocycles. The average molecular weight is 278 g/mol. The highest BCUT2D eigenvalue weighted by molar-refractivity contribution is 8.00. The fourth-order valence-electron chi connectivity index (χ4n) is 2.24. The Morgan fingerprint density at radius 2 is 2.00 bits per heavy atom. The number of hydrogen-bond acceptors (Lipinski definition) is 3. The Labute approximate surface area is 120 Å². The van der Waals surface area contributed by atoms with Crippen molar-refractivity contribution in [3.8, 4) is 0 Å². The molecule has 4 heteroatoms. The molecule has 1 aliphatic heterocycles. The number of rotatable bonds is 5. The van der Waals surface area contributed by atoms with Crippen LogP contribution in [0.5, 0.6) is 0 Å². The van der Waals surface area contributed by atoms with Crippen molar-refractivity contribution in [2.75, 3.05) is 31.3 Å². The average Bonchev–Trinajstić information content (AvgIpc) is 2.78. The van der Waals surface area contributed by atoms with Crippen molar-refractivity contribution < 1.29 is 4.79 Å². The van der Waals surface area contributed by atoms with Gasteiger partial charge in [-0.1, -0.05) is 25.5 Å². The number of thioether (sulfide) groups is 1. The van der Waals surface area contributed by atoms with Gasteiger partial charge in [0.25, 0.3) is 0 Å². The number of carbonyl (C=O) groups excluding carboxylic acids is 1. The first kappa shape index (κ1) is 14.3. The molecule has 1 heterocycles. The molecule has 1 aromatic rings. The molecular weight excluding hydrogens is 256 g/mol. The minimum Gasteiger partial charge on any atom is -0.378 e. The van der Waals surface area contributed by atoms with Gasteiger partial charge in [-0.25, -0.2) is 0 Å². The SMILES string of the molecule is CCCCN1C(=O)CSC1c1ccc(N(C)C)cc1. The molecule has 0 bridgehead atoms. The number of carbonyl (C=O) groups is 1. The van der Waals surface area contributed by atoms with Gasteiger partial charge in [-0.05, 0) is 24.1 Å². The second kappa shape index (κ2) is 6.33. The normalized spacial score (nSPS) is 19.0. The lowest BCUT2D eigenvalue weighted by Crippen LogP contribution is -2.29. The zero-order chi connectivity index (χ0) is 13.8. The van der Waals surface area contributed by atoms with Crippen molar-refractivity contribution in [2.24, 2.45) is 0 Å². The van der Waals surface area contributed by atoms with Gasteiger partial charge in [-0.15, -0.1) is 11.8 Å². The van der Waals surface area contributed by atoms with Gasteiger partial charge >= 0.3 is 0 Å². The van der Waals surface area contributed by atoms with Crippen molar-refractivity contribution in [3.05, 3.63) is 29.8 Å². The zero-order valence-electron chi connectivity index (χ0n) is 11.9. The molecule has 1 saturated heterocycles. The van der Waals surface area contributed by atoms with Gasteiger partial charge in [0.15, 0.2) is 0 Å². The van der Waals surface area contributed by atoms with E-state index in [-0.39, 0.29) is 11.3 Å². The largest absolute Gasteiger partial charge is 0.378 e. The van der Waals surface area contributed by atoms with E-state index in [9.17, 15) is 4.79 Å². The lowest BCUT2D eigenvalue weighted by molar-refractivity contribution is -0.128. The molecule has 0 saturated carbocycles. The van der Waals surface area contributed by atoms with Gasteiger partial charge in [0.05, 0.1) is 5.75 Å². The summed E-state index contributed by atoms with van der Waals surface area (Å²) in [6, 6.07) is 8.53. The molecule has 0 aliphatic carbocycles. The Kier molecular flexibility index (Phi) is 4.75. The number of unbranched alkanes of at least 4 members (excludes halogenated alkanes) is 1. The molecule has 0 radical (unpaired) electrons. The maximum absolute atomic E-state index is 11.9. The van der Waals surface area contributed by atoms with Crippen molar-refractivity contribution in [3.63, 3.8) is 0 Å². The molecule has 1 unspecified atom stereocenters. The van der Waals surface area contributed by atoms with Crippen LogP contribution in [0, 0.1) is 0 Å². The Balaban J connectivity index is 2.13. The quantitative estimate of drug-likeness (QED) is 0.827. The van der Waals surface area contributed by atoms with E-state index in [1.54, 1.807) is 11.8 Å². The zero-order valence-corrected chi connectivity index (χ0v) is 12.7. The van der Waals surface area contributed by atoms with E-state index >= 15 is 0 Å². The third kappa shape index (κ3) is 3.24. The third-order valence-electron chi connectivity index (χ3n) is 3.42. The number of anilines is 1. The number of nitrogens with zero attached hydrogens (tertiary/aromatic N) is 2. The summed E-state index contributed by atoms with van der Waals surface area (Å²) in [5, 5.41) is 0.204. The van der Waals surface area contributed by atoms with Crippen LogP contribution in [0.4, 0.5) is 5.69 Å². The summed E-state index contributed by atoms with van der Waals surface area (Å²) in [5.41, 5.74) is 2.43. The highest BCUT2D eigenvalue weighted by atomic mass is 32.2. The molecular formula is C15H22N2OS. The summed E-state index contributed by atoms with van der Waals surface area (Å²) in [7, 11) is 4.08. The van der Waals surface area contributed by atoms with Crippen LogP contribution in [0.2, 0.25) is 0 Å². The smallest absolute Gasteiger partial charge is 0.233 e. The molecule has 0 N–H and O–H groups in total. The van der Waals surface area contributed by atoms with E-state index in [1.807, 2.05) is 19.0 Å². The summed E-state index contributed by atoms with van der Waals surface area (Å²) in [6.07, 6.45) is 2.21. The molecule has 2 rings (SSSR count). The van der Waals surface area contributed by atoms with E-state index in [4.69, 9.17) is 0 Å². The fraction of sp³-hybridized carbons (Fsp3) is 0.533. The Hall–Kier alpha value is -1.16. The van der Waals surface area contributed by atoms with Crippen LogP contribution < -0.4 is 4.90 Å². The van der Waals surface area contributed by atoms with Gasteiger partial charge in [0.1, 0.15) is 5.37 Å². The van der Waals surface area contributed by atoms with Gasteiger partial charge < -0.3 is 9.80 Å². The van der Waals surface area contributed by atoms with Crippen LogP contribution in [0.3, 0.4) is 0 Å². The van der Waals surface area contributed by atoms with Gasteiger partial charge in [0.2, 0.25) is 5.91 Å². The molecule has 19 heavy (non-hydrogen) atoms. The van der Waals surface area contributed by atoms with Gasteiger partial charge in [-0.2, -0.15) is 0 Å². The van der Waals surface area contributed by atoms with Gasteiger partial charge in [-0.3, -0.25) is 4.79 Å². The maximum Gasteiger partial charge on any atom is 0.233 e. The fourth-order valence-corrected chi connectivity index (χ4v) is 3.46. The Morgan fingerprint density at radius 1 is 1.32 bits per heavy atom. The van der Waals surface area contributed by atoms with Crippen molar-refractivity contribution in [1.29, 1.82) is 0 Å². The van der Waals surface area contributed by atoms with Gasteiger partial charge in [0, 0.05) is 26.3 Å². The van der Waals surface area contributed by atoms with Crippen LogP contribution in [0.1, 0.15) is 30.7 Å². The maximum atomic E-state index is 11.9. The van der Waals surface area contributed by atoms with E-state index in [0.29, 0.717) is 5.75 Å². The van der Waals surface area contributed by atoms with Crippen LogP contribution >= 0.6 is 11.8 Å². The molecule has 104 valence electrons. The lowest BCUT2D eigenvalue weighted by atomic mass is 10.1. The van der Waals surface area contributed by atoms with Crippen LogP contribution in [-0.4, -0.2) is 37.2 Å². The van der Waals surface area contributed by atoms with Crippen molar-refractivity contribution >= 4 is 23.4 Å². The molecule has 1 atom stereocenters. The Morgan fingerprint density at radius 3 is 2.58 bits per heavy atom.